The third-order valence-corrected chi connectivity index (χ3v) is 6.38. The van der Waals surface area contributed by atoms with Crippen molar-refractivity contribution in [2.45, 2.75) is 48.9 Å². The SMILES string of the molecule is c1ccc(-c2noc(CSc3nnc(C4CCCCC4)n3-c3ccccc3)n2)cc1. The quantitative estimate of drug-likeness (QED) is 0.377. The van der Waals surface area contributed by atoms with Gasteiger partial charge >= 0.3 is 0 Å². The largest absolute Gasteiger partial charge is 0.338 e. The zero-order valence-corrected chi connectivity index (χ0v) is 17.5. The van der Waals surface area contributed by atoms with E-state index in [-0.39, 0.29) is 0 Å². The van der Waals surface area contributed by atoms with E-state index in [2.05, 4.69) is 49.2 Å². The first-order valence-electron chi connectivity index (χ1n) is 10.4. The zero-order chi connectivity index (χ0) is 20.2. The maximum absolute atomic E-state index is 5.47. The molecule has 5 rings (SSSR count). The molecule has 1 aliphatic rings. The van der Waals surface area contributed by atoms with Crippen molar-refractivity contribution in [1.82, 2.24) is 24.9 Å². The third kappa shape index (κ3) is 4.03. The second-order valence-corrected chi connectivity index (χ2v) is 8.46. The van der Waals surface area contributed by atoms with Crippen molar-refractivity contribution in [3.05, 3.63) is 72.4 Å². The topological polar surface area (TPSA) is 69.6 Å². The number of rotatable bonds is 6. The van der Waals surface area contributed by atoms with Gasteiger partial charge in [-0.15, -0.1) is 10.2 Å². The first-order chi connectivity index (χ1) is 14.9. The van der Waals surface area contributed by atoms with E-state index in [1.807, 2.05) is 36.4 Å². The van der Waals surface area contributed by atoms with Gasteiger partial charge in [0.2, 0.25) is 11.7 Å². The monoisotopic (exact) mass is 417 g/mol. The molecule has 1 aliphatic carbocycles. The number of hydrogen-bond acceptors (Lipinski definition) is 6. The molecule has 0 saturated heterocycles. The Hall–Kier alpha value is -2.93. The van der Waals surface area contributed by atoms with Crippen LogP contribution in [-0.2, 0) is 5.75 Å². The molecule has 4 aromatic rings. The van der Waals surface area contributed by atoms with Gasteiger partial charge in [-0.05, 0) is 25.0 Å². The van der Waals surface area contributed by atoms with E-state index in [1.165, 1.54) is 32.1 Å². The maximum Gasteiger partial charge on any atom is 0.237 e. The highest BCUT2D eigenvalue weighted by molar-refractivity contribution is 7.98. The fourth-order valence-electron chi connectivity index (χ4n) is 3.96. The predicted octanol–water partition coefficient (Wildman–Crippen LogP) is 5.66. The molecule has 30 heavy (non-hydrogen) atoms. The summed E-state index contributed by atoms with van der Waals surface area (Å²) in [6.07, 6.45) is 6.20. The predicted molar refractivity (Wildman–Crippen MR) is 116 cm³/mol. The molecule has 1 fully saturated rings. The summed E-state index contributed by atoms with van der Waals surface area (Å²) < 4.78 is 7.67. The second kappa shape index (κ2) is 8.83. The summed E-state index contributed by atoms with van der Waals surface area (Å²) in [5, 5.41) is 14.1. The lowest BCUT2D eigenvalue weighted by Crippen LogP contribution is -2.11. The number of nitrogens with zero attached hydrogens (tertiary/aromatic N) is 5. The molecule has 0 N–H and O–H groups in total. The number of hydrogen-bond donors (Lipinski definition) is 0. The van der Waals surface area contributed by atoms with Gasteiger partial charge in [-0.25, -0.2) is 0 Å². The number of thioether (sulfide) groups is 1. The summed E-state index contributed by atoms with van der Waals surface area (Å²) in [7, 11) is 0. The lowest BCUT2D eigenvalue weighted by molar-refractivity contribution is 0.391. The number of aromatic nitrogens is 5. The molecule has 6 nitrogen and oxygen atoms in total. The second-order valence-electron chi connectivity index (χ2n) is 7.51. The van der Waals surface area contributed by atoms with Crippen molar-refractivity contribution < 1.29 is 4.52 Å². The van der Waals surface area contributed by atoms with Crippen LogP contribution in [0.5, 0.6) is 0 Å². The number of benzene rings is 2. The minimum absolute atomic E-state index is 0.467. The third-order valence-electron chi connectivity index (χ3n) is 5.47. The van der Waals surface area contributed by atoms with Crippen molar-refractivity contribution in [3.8, 4) is 17.1 Å². The van der Waals surface area contributed by atoms with Crippen LogP contribution in [-0.4, -0.2) is 24.9 Å². The molecule has 1 saturated carbocycles. The van der Waals surface area contributed by atoms with Gasteiger partial charge in [0.25, 0.3) is 0 Å². The molecule has 0 amide bonds. The Morgan fingerprint density at radius 2 is 1.63 bits per heavy atom. The van der Waals surface area contributed by atoms with Crippen molar-refractivity contribution in [3.63, 3.8) is 0 Å². The zero-order valence-electron chi connectivity index (χ0n) is 16.6. The Labute approximate surface area is 179 Å². The van der Waals surface area contributed by atoms with Gasteiger partial charge < -0.3 is 4.52 Å². The van der Waals surface area contributed by atoms with Crippen molar-refractivity contribution in [1.29, 1.82) is 0 Å². The molecule has 2 aromatic carbocycles. The Bertz CT molecular complexity index is 1090. The van der Waals surface area contributed by atoms with Gasteiger partial charge in [0.05, 0.1) is 5.75 Å². The van der Waals surface area contributed by atoms with Crippen LogP contribution in [0.3, 0.4) is 0 Å². The Kier molecular flexibility index (Phi) is 5.61. The van der Waals surface area contributed by atoms with Crippen LogP contribution >= 0.6 is 11.8 Å². The van der Waals surface area contributed by atoms with Crippen LogP contribution in [0.4, 0.5) is 0 Å². The molecular formula is C23H23N5OS. The molecule has 0 unspecified atom stereocenters. The van der Waals surface area contributed by atoms with E-state index in [1.54, 1.807) is 11.8 Å². The van der Waals surface area contributed by atoms with Crippen LogP contribution < -0.4 is 0 Å². The van der Waals surface area contributed by atoms with Crippen LogP contribution in [0.15, 0.2) is 70.3 Å². The highest BCUT2D eigenvalue weighted by atomic mass is 32.2. The normalized spacial score (nSPS) is 14.8. The van der Waals surface area contributed by atoms with Crippen molar-refractivity contribution in [2.24, 2.45) is 0 Å². The van der Waals surface area contributed by atoms with E-state index >= 15 is 0 Å². The molecule has 0 spiro atoms. The maximum atomic E-state index is 5.47. The van der Waals surface area contributed by atoms with Gasteiger partial charge in [-0.3, -0.25) is 4.57 Å². The summed E-state index contributed by atoms with van der Waals surface area (Å²) in [4.78, 5) is 4.54. The van der Waals surface area contributed by atoms with E-state index in [0.717, 1.165) is 22.2 Å². The fourth-order valence-corrected chi connectivity index (χ4v) is 4.76. The molecule has 0 aliphatic heterocycles. The summed E-state index contributed by atoms with van der Waals surface area (Å²) in [5.74, 6) is 3.28. The molecular weight excluding hydrogens is 394 g/mol. The summed E-state index contributed by atoms with van der Waals surface area (Å²) in [5.41, 5.74) is 2.05. The van der Waals surface area contributed by atoms with Crippen LogP contribution in [0, 0.1) is 0 Å². The number of para-hydroxylation sites is 1. The molecule has 0 radical (unpaired) electrons. The lowest BCUT2D eigenvalue weighted by atomic mass is 9.88. The van der Waals surface area contributed by atoms with E-state index in [9.17, 15) is 0 Å². The molecule has 0 atom stereocenters. The van der Waals surface area contributed by atoms with Gasteiger partial charge in [0, 0.05) is 17.2 Å². The first-order valence-corrected chi connectivity index (χ1v) is 11.4. The standard InChI is InChI=1S/C23H23N5OS/c1-4-10-17(11-5-1)21-24-20(29-27-21)16-30-23-26-25-22(18-12-6-2-7-13-18)28(23)19-14-8-3-9-15-19/h1,3-5,8-11,14-15,18H,2,6-7,12-13,16H2. The summed E-state index contributed by atoms with van der Waals surface area (Å²) in [6.45, 7) is 0. The Morgan fingerprint density at radius 1 is 0.900 bits per heavy atom. The summed E-state index contributed by atoms with van der Waals surface area (Å²) in [6, 6.07) is 20.2. The van der Waals surface area contributed by atoms with Crippen LogP contribution in [0.25, 0.3) is 17.1 Å². The molecule has 0 bridgehead atoms. The average molecular weight is 418 g/mol. The fraction of sp³-hybridized carbons (Fsp3) is 0.304. The van der Waals surface area contributed by atoms with E-state index in [4.69, 9.17) is 4.52 Å². The van der Waals surface area contributed by atoms with Crippen LogP contribution in [0.1, 0.15) is 49.7 Å². The smallest absolute Gasteiger partial charge is 0.237 e. The van der Waals surface area contributed by atoms with E-state index < -0.39 is 0 Å². The van der Waals surface area contributed by atoms with E-state index in [0.29, 0.717) is 23.4 Å². The molecule has 152 valence electrons. The van der Waals surface area contributed by atoms with Gasteiger partial charge in [0.1, 0.15) is 5.82 Å². The van der Waals surface area contributed by atoms with Crippen LogP contribution in [0.2, 0.25) is 0 Å². The van der Waals surface area contributed by atoms with Crippen molar-refractivity contribution in [2.75, 3.05) is 0 Å². The van der Waals surface area contributed by atoms with Crippen molar-refractivity contribution >= 4 is 11.8 Å². The summed E-state index contributed by atoms with van der Waals surface area (Å²) >= 11 is 1.58. The Morgan fingerprint density at radius 3 is 2.40 bits per heavy atom. The first kappa shape index (κ1) is 19.1. The lowest BCUT2D eigenvalue weighted by Gasteiger charge is -2.22. The van der Waals surface area contributed by atoms with Gasteiger partial charge in [-0.1, -0.05) is 84.7 Å². The molecule has 2 heterocycles. The molecule has 7 heteroatoms. The average Bonchev–Trinajstić information content (AvgIpc) is 3.47. The van der Waals surface area contributed by atoms with Gasteiger partial charge in [0.15, 0.2) is 5.16 Å². The highest BCUT2D eigenvalue weighted by Gasteiger charge is 2.24. The molecule has 2 aromatic heterocycles. The Balaban J connectivity index is 1.39. The minimum Gasteiger partial charge on any atom is -0.338 e. The van der Waals surface area contributed by atoms with Gasteiger partial charge in [-0.2, -0.15) is 4.98 Å². The highest BCUT2D eigenvalue weighted by Crippen LogP contribution is 2.35. The minimum atomic E-state index is 0.467.